The van der Waals surface area contributed by atoms with E-state index in [0.29, 0.717) is 44.9 Å². The summed E-state index contributed by atoms with van der Waals surface area (Å²) in [6.45, 7) is 24.7. The van der Waals surface area contributed by atoms with Crippen molar-refractivity contribution in [2.75, 3.05) is 11.5 Å². The van der Waals surface area contributed by atoms with E-state index in [4.69, 9.17) is 15.2 Å². The van der Waals surface area contributed by atoms with Crippen LogP contribution in [0.3, 0.4) is 0 Å². The molecule has 8 rings (SSSR count). The molecule has 8 fully saturated rings. The van der Waals surface area contributed by atoms with Gasteiger partial charge in [0.05, 0.1) is 35.9 Å². The van der Waals surface area contributed by atoms with Crippen LogP contribution in [0.4, 0.5) is 13.2 Å². The topological polar surface area (TPSA) is 223 Å². The fourth-order valence-electron chi connectivity index (χ4n) is 16.8. The number of esters is 2. The van der Waals surface area contributed by atoms with Gasteiger partial charge in [0.15, 0.2) is 0 Å². The molecule has 0 spiro atoms. The maximum Gasteiger partial charge on any atom is 0.471 e. The standard InChI is InChI=1S/C30H44F3NO6S.C28H45NO5S/c1-6-27(4)14-22(28(5)16(2)9-11-29(17(3)25(27)38)12-10-19(35)24(28)29)40-23(37)15-41-21-8-7-18(13-20(21)36)34-26(39)30(31,32)33;1-6-26(4)14-22(34-23(32)15-35-21-8-7-18(29)13-20(21)31)27(5)16(2)9-11-28(17(3)25(26)33)12-10-19(30)24(27)28/h6,16-18,20-22,24-25,36,38H,1,7-15H2,2-5H3,(H,34,39);6,16-18,20-22,24-25,31,33H,1,7-15,29H2,2-5H3/t16?,17-,18+,20+,21+,22+,24-,25-,27+,28-,29-;16?,17-,18+,20+,21+,22+,24-,25-,26+,27-,28-/m00/s1. The van der Waals surface area contributed by atoms with E-state index in [2.05, 4.69) is 47.8 Å². The molecular formula is C58H89F3N2O11S2. The van der Waals surface area contributed by atoms with Gasteiger partial charge >= 0.3 is 24.0 Å². The van der Waals surface area contributed by atoms with E-state index in [9.17, 15) is 57.6 Å². The highest BCUT2D eigenvalue weighted by atomic mass is 32.2. The Morgan fingerprint density at radius 2 is 1.08 bits per heavy atom. The Bertz CT molecular complexity index is 2210. The summed E-state index contributed by atoms with van der Waals surface area (Å²) in [5, 5.41) is 45.7. The zero-order valence-electron chi connectivity index (χ0n) is 46.2. The Morgan fingerprint density at radius 3 is 1.46 bits per heavy atom. The lowest BCUT2D eigenvalue weighted by molar-refractivity contribution is -0.205. The van der Waals surface area contributed by atoms with Crippen LogP contribution in [-0.2, 0) is 33.4 Å². The quantitative estimate of drug-likeness (QED) is 0.0844. The first-order chi connectivity index (χ1) is 35.4. The van der Waals surface area contributed by atoms with Crippen molar-refractivity contribution in [1.82, 2.24) is 5.32 Å². The van der Waals surface area contributed by atoms with Crippen molar-refractivity contribution in [1.29, 1.82) is 0 Å². The van der Waals surface area contributed by atoms with Crippen LogP contribution >= 0.6 is 23.5 Å². The Hall–Kier alpha value is -2.48. The molecule has 76 heavy (non-hydrogen) atoms. The number of Topliss-reactive ketones (excluding diaryl/α,β-unsaturated/α-hetero) is 2. The number of halogens is 3. The summed E-state index contributed by atoms with van der Waals surface area (Å²) in [5.41, 5.74) is 2.83. The second-order valence-electron chi connectivity index (χ2n) is 26.0. The van der Waals surface area contributed by atoms with Gasteiger partial charge in [0.25, 0.3) is 0 Å². The summed E-state index contributed by atoms with van der Waals surface area (Å²) in [6, 6.07) is -0.772. The molecule has 2 unspecified atom stereocenters. The lowest BCUT2D eigenvalue weighted by Crippen LogP contribution is -2.63. The minimum Gasteiger partial charge on any atom is -0.461 e. The van der Waals surface area contributed by atoms with E-state index in [1.54, 1.807) is 6.08 Å². The summed E-state index contributed by atoms with van der Waals surface area (Å²) >= 11 is 2.64. The van der Waals surface area contributed by atoms with Crippen LogP contribution in [0, 0.1) is 68.0 Å². The molecule has 8 aliphatic carbocycles. The van der Waals surface area contributed by atoms with Crippen molar-refractivity contribution in [3.8, 4) is 0 Å². The van der Waals surface area contributed by atoms with Crippen molar-refractivity contribution in [2.24, 2.45) is 73.7 Å². The molecule has 0 heterocycles. The van der Waals surface area contributed by atoms with Crippen molar-refractivity contribution in [3.63, 3.8) is 0 Å². The third kappa shape index (κ3) is 11.0. The first-order valence-electron chi connectivity index (χ1n) is 28.2. The number of ether oxygens (including phenoxy) is 2. The molecule has 7 N–H and O–H groups in total. The smallest absolute Gasteiger partial charge is 0.461 e. The number of amides is 1. The zero-order valence-corrected chi connectivity index (χ0v) is 47.8. The predicted octanol–water partition coefficient (Wildman–Crippen LogP) is 8.45. The molecule has 22 atom stereocenters. The molecule has 430 valence electrons. The molecule has 0 aliphatic heterocycles. The van der Waals surface area contributed by atoms with Crippen molar-refractivity contribution >= 4 is 52.9 Å². The highest BCUT2D eigenvalue weighted by Gasteiger charge is 2.70. The number of alkyl halides is 3. The molecule has 4 bridgehead atoms. The number of hydrogen-bond acceptors (Lipinski definition) is 14. The Labute approximate surface area is 457 Å². The molecule has 0 saturated heterocycles. The van der Waals surface area contributed by atoms with E-state index in [0.717, 1.165) is 44.9 Å². The van der Waals surface area contributed by atoms with Crippen molar-refractivity contribution < 1.29 is 67.0 Å². The van der Waals surface area contributed by atoms with Crippen LogP contribution in [0.2, 0.25) is 0 Å². The maximum absolute atomic E-state index is 13.5. The first kappa shape index (κ1) is 61.1. The average molecular weight is 1110 g/mol. The van der Waals surface area contributed by atoms with Gasteiger partial charge in [-0.15, -0.1) is 36.7 Å². The largest absolute Gasteiger partial charge is 0.471 e. The molecule has 8 aliphatic rings. The number of aliphatic hydroxyl groups excluding tert-OH is 4. The van der Waals surface area contributed by atoms with Gasteiger partial charge < -0.3 is 41.0 Å². The number of thioether (sulfide) groups is 2. The Balaban J connectivity index is 0.000000224. The number of rotatable bonds is 11. The second kappa shape index (κ2) is 22.8. The number of aliphatic hydroxyl groups is 4. The lowest BCUT2D eigenvalue weighted by atomic mass is 9.44. The summed E-state index contributed by atoms with van der Waals surface area (Å²) in [7, 11) is 0. The van der Waals surface area contributed by atoms with Gasteiger partial charge in [0.2, 0.25) is 0 Å². The Kier molecular flexibility index (Phi) is 18.4. The first-order valence-corrected chi connectivity index (χ1v) is 30.3. The molecule has 0 aromatic heterocycles. The number of ketones is 2. The van der Waals surface area contributed by atoms with Gasteiger partial charge in [-0.05, 0) is 124 Å². The van der Waals surface area contributed by atoms with E-state index in [1.807, 2.05) is 32.2 Å². The summed E-state index contributed by atoms with van der Waals surface area (Å²) in [6.07, 6.45) is 4.12. The normalized spacial score (nSPS) is 47.2. The molecule has 0 aromatic rings. The van der Waals surface area contributed by atoms with E-state index >= 15 is 0 Å². The summed E-state index contributed by atoms with van der Waals surface area (Å²) in [5.74, 6) is -2.71. The van der Waals surface area contributed by atoms with Crippen LogP contribution in [0.25, 0.3) is 0 Å². The van der Waals surface area contributed by atoms with Crippen molar-refractivity contribution in [3.05, 3.63) is 25.3 Å². The van der Waals surface area contributed by atoms with Crippen LogP contribution in [0.1, 0.15) is 158 Å². The maximum atomic E-state index is 13.5. The molecule has 18 heteroatoms. The van der Waals surface area contributed by atoms with Gasteiger partial charge in [-0.3, -0.25) is 24.0 Å². The average Bonchev–Trinajstić information content (AvgIpc) is 3.91. The highest BCUT2D eigenvalue weighted by Crippen LogP contribution is 2.70. The number of nitrogens with two attached hydrogens (primary N) is 1. The fraction of sp³-hybridized carbons (Fsp3) is 0.845. The number of carbonyl (C=O) groups is 5. The molecule has 0 radical (unpaired) electrons. The van der Waals surface area contributed by atoms with Gasteiger partial charge in [-0.1, -0.05) is 67.5 Å². The molecule has 0 aromatic carbocycles. The molecule has 8 saturated carbocycles. The number of nitrogens with one attached hydrogen (secondary N) is 1. The minimum absolute atomic E-state index is 0.0194. The Morgan fingerprint density at radius 1 is 0.671 bits per heavy atom. The van der Waals surface area contributed by atoms with Crippen LogP contribution < -0.4 is 11.1 Å². The predicted molar refractivity (Wildman–Crippen MR) is 287 cm³/mol. The highest BCUT2D eigenvalue weighted by molar-refractivity contribution is 8.00. The van der Waals surface area contributed by atoms with Crippen LogP contribution in [0.15, 0.2) is 25.3 Å². The minimum atomic E-state index is -4.98. The fourth-order valence-corrected chi connectivity index (χ4v) is 18.9. The van der Waals surface area contributed by atoms with Crippen molar-refractivity contribution in [2.45, 2.75) is 224 Å². The summed E-state index contributed by atoms with van der Waals surface area (Å²) < 4.78 is 50.3. The van der Waals surface area contributed by atoms with Gasteiger partial charge in [-0.25, -0.2) is 0 Å². The van der Waals surface area contributed by atoms with E-state index in [-0.39, 0.29) is 99.5 Å². The SMILES string of the molecule is C=C[C@]1(C)C[C@@H](OC(=O)CS[C@@H]2CC[C@@H](N)C[C@H]2O)[C@]2(C)C(C)CC[C@]3(CCC(=O)[C@H]32)[C@@H](C)[C@@H]1O.C=C[C@]1(C)C[C@@H](OC(=O)CS[C@@H]2CC[C@@H](NC(=O)C(F)(F)F)C[C@H]2O)[C@]2(C)C(C)CC[C@]3(CCC(=O)[C@H]32)[C@@H](C)[C@@H]1O. The lowest BCUT2D eigenvalue weighted by Gasteiger charge is -2.61. The second-order valence-corrected chi connectivity index (χ2v) is 28.5. The van der Waals surface area contributed by atoms with Gasteiger partial charge in [0.1, 0.15) is 23.8 Å². The van der Waals surface area contributed by atoms with Gasteiger partial charge in [-0.2, -0.15) is 13.2 Å². The van der Waals surface area contributed by atoms with Crippen LogP contribution in [0.5, 0.6) is 0 Å². The molecular weight excluding hydrogens is 1020 g/mol. The number of hydrogen-bond donors (Lipinski definition) is 6. The van der Waals surface area contributed by atoms with E-state index < -0.39 is 87.6 Å². The molecule has 13 nitrogen and oxygen atoms in total. The number of carbonyl (C=O) groups excluding carboxylic acids is 5. The summed E-state index contributed by atoms with van der Waals surface area (Å²) in [4.78, 5) is 64.8. The van der Waals surface area contributed by atoms with Crippen LogP contribution in [-0.4, -0.2) is 127 Å². The van der Waals surface area contributed by atoms with Gasteiger partial charge in [0, 0.05) is 68.9 Å². The van der Waals surface area contributed by atoms with E-state index in [1.165, 1.54) is 23.5 Å². The zero-order chi connectivity index (χ0) is 56.3. The third-order valence-electron chi connectivity index (χ3n) is 22.1. The third-order valence-corrected chi connectivity index (χ3v) is 24.9. The monoisotopic (exact) mass is 1110 g/mol. The molecule has 1 amide bonds.